The Morgan fingerprint density at radius 1 is 1.19 bits per heavy atom. The molecule has 1 aromatic rings. The maximum atomic E-state index is 12.6. The molecule has 8 heteroatoms. The Balaban J connectivity index is 2.21. The molecule has 0 saturated heterocycles. The van der Waals surface area contributed by atoms with E-state index in [0.29, 0.717) is 12.2 Å². The molecule has 2 rings (SSSR count). The van der Waals surface area contributed by atoms with Gasteiger partial charge >= 0.3 is 5.97 Å². The molecule has 0 aliphatic carbocycles. The van der Waals surface area contributed by atoms with Crippen LogP contribution in [-0.4, -0.2) is 56.8 Å². The van der Waals surface area contributed by atoms with Gasteiger partial charge in [-0.05, 0) is 56.9 Å². The summed E-state index contributed by atoms with van der Waals surface area (Å²) in [4.78, 5) is 50.1. The van der Waals surface area contributed by atoms with Crippen LogP contribution in [0, 0.1) is 0 Å². The van der Waals surface area contributed by atoms with E-state index in [1.165, 1.54) is 23.1 Å². The van der Waals surface area contributed by atoms with E-state index in [0.717, 1.165) is 5.75 Å². The van der Waals surface area contributed by atoms with Gasteiger partial charge in [-0.15, -0.1) is 0 Å². The molecule has 0 saturated carbocycles. The second-order valence-electron chi connectivity index (χ2n) is 7.23. The fraction of sp³-hybridized carbons (Fsp3) is 0.474. The number of carboxylic acids is 1. The molecule has 0 aromatic heterocycles. The van der Waals surface area contributed by atoms with Crippen LogP contribution in [0.2, 0.25) is 0 Å². The van der Waals surface area contributed by atoms with Crippen LogP contribution >= 0.6 is 11.8 Å². The van der Waals surface area contributed by atoms with Gasteiger partial charge in [0.15, 0.2) is 0 Å². The van der Waals surface area contributed by atoms with Crippen LogP contribution in [-0.2, 0) is 4.79 Å². The molecular formula is C19H24N2O5S. The summed E-state index contributed by atoms with van der Waals surface area (Å²) >= 11 is 1.59. The van der Waals surface area contributed by atoms with E-state index in [1.54, 1.807) is 32.5 Å². The summed E-state index contributed by atoms with van der Waals surface area (Å²) < 4.78 is 0. The number of imide groups is 1. The number of amides is 3. The highest BCUT2D eigenvalue weighted by Crippen LogP contribution is 2.29. The molecule has 7 nitrogen and oxygen atoms in total. The van der Waals surface area contributed by atoms with Crippen molar-refractivity contribution in [2.75, 3.05) is 11.5 Å². The first-order valence-electron chi connectivity index (χ1n) is 8.72. The third-order valence-corrected chi connectivity index (χ3v) is 5.11. The van der Waals surface area contributed by atoms with Crippen LogP contribution in [0.15, 0.2) is 18.2 Å². The van der Waals surface area contributed by atoms with E-state index in [9.17, 15) is 24.3 Å². The molecule has 1 aliphatic heterocycles. The van der Waals surface area contributed by atoms with E-state index < -0.39 is 35.3 Å². The Labute approximate surface area is 162 Å². The fourth-order valence-electron chi connectivity index (χ4n) is 2.84. The summed E-state index contributed by atoms with van der Waals surface area (Å²) in [5.41, 5.74) is -0.113. The van der Waals surface area contributed by atoms with E-state index >= 15 is 0 Å². The van der Waals surface area contributed by atoms with Gasteiger partial charge in [-0.25, -0.2) is 4.79 Å². The molecule has 1 atom stereocenters. The highest BCUT2D eigenvalue weighted by atomic mass is 32.2. The lowest BCUT2D eigenvalue weighted by Gasteiger charge is -2.29. The van der Waals surface area contributed by atoms with Crippen molar-refractivity contribution in [2.45, 2.75) is 45.7 Å². The SMILES string of the molecule is CCSCCC(NC(=O)c1ccc2c(c1)C(=O)N(C(C)(C)C)C2=O)C(=O)O. The fourth-order valence-corrected chi connectivity index (χ4v) is 3.53. The summed E-state index contributed by atoms with van der Waals surface area (Å²) in [5.74, 6) is -1.05. The summed E-state index contributed by atoms with van der Waals surface area (Å²) in [6, 6.07) is 3.23. The molecule has 1 unspecified atom stereocenters. The van der Waals surface area contributed by atoms with Crippen LogP contribution in [0.25, 0.3) is 0 Å². The maximum absolute atomic E-state index is 12.6. The minimum absolute atomic E-state index is 0.153. The Kier molecular flexibility index (Phi) is 6.30. The van der Waals surface area contributed by atoms with Gasteiger partial charge in [-0.1, -0.05) is 6.92 Å². The number of rotatable bonds is 7. The highest BCUT2D eigenvalue weighted by Gasteiger charge is 2.42. The topological polar surface area (TPSA) is 104 Å². The normalized spacial score (nSPS) is 14.9. The summed E-state index contributed by atoms with van der Waals surface area (Å²) in [6.45, 7) is 7.25. The zero-order chi connectivity index (χ0) is 20.4. The predicted octanol–water partition coefficient (Wildman–Crippen LogP) is 2.41. The van der Waals surface area contributed by atoms with Crippen molar-refractivity contribution in [2.24, 2.45) is 0 Å². The van der Waals surface area contributed by atoms with Gasteiger partial charge in [-0.3, -0.25) is 19.3 Å². The molecule has 27 heavy (non-hydrogen) atoms. The lowest BCUT2D eigenvalue weighted by molar-refractivity contribution is -0.139. The first-order chi connectivity index (χ1) is 12.6. The molecule has 0 radical (unpaired) electrons. The molecule has 0 fully saturated rings. The summed E-state index contributed by atoms with van der Waals surface area (Å²) in [6.07, 6.45) is 0.305. The number of fused-ring (bicyclic) bond motifs is 1. The van der Waals surface area contributed by atoms with Gasteiger partial charge in [0.25, 0.3) is 17.7 Å². The maximum Gasteiger partial charge on any atom is 0.326 e. The summed E-state index contributed by atoms with van der Waals surface area (Å²) in [5, 5.41) is 11.8. The third kappa shape index (κ3) is 4.50. The zero-order valence-corrected chi connectivity index (χ0v) is 16.7. The van der Waals surface area contributed by atoms with Crippen molar-refractivity contribution in [3.05, 3.63) is 34.9 Å². The van der Waals surface area contributed by atoms with Crippen molar-refractivity contribution in [3.8, 4) is 0 Å². The number of thioether (sulfide) groups is 1. The largest absolute Gasteiger partial charge is 0.480 e. The van der Waals surface area contributed by atoms with E-state index in [4.69, 9.17) is 0 Å². The minimum atomic E-state index is -1.11. The Bertz CT molecular complexity index is 785. The van der Waals surface area contributed by atoms with Gasteiger partial charge in [-0.2, -0.15) is 11.8 Å². The minimum Gasteiger partial charge on any atom is -0.480 e. The van der Waals surface area contributed by atoms with Crippen LogP contribution in [0.1, 0.15) is 65.2 Å². The summed E-state index contributed by atoms with van der Waals surface area (Å²) in [7, 11) is 0. The molecule has 2 N–H and O–H groups in total. The number of nitrogens with one attached hydrogen (secondary N) is 1. The number of hydrogen-bond acceptors (Lipinski definition) is 5. The third-order valence-electron chi connectivity index (χ3n) is 4.18. The molecule has 0 spiro atoms. The molecular weight excluding hydrogens is 368 g/mol. The van der Waals surface area contributed by atoms with E-state index in [1.807, 2.05) is 6.92 Å². The van der Waals surface area contributed by atoms with Crippen LogP contribution in [0.4, 0.5) is 0 Å². The molecule has 1 aromatic carbocycles. The molecule has 3 amide bonds. The lowest BCUT2D eigenvalue weighted by atomic mass is 10.0. The second-order valence-corrected chi connectivity index (χ2v) is 8.62. The van der Waals surface area contributed by atoms with Gasteiger partial charge in [0.05, 0.1) is 11.1 Å². The highest BCUT2D eigenvalue weighted by molar-refractivity contribution is 7.99. The smallest absolute Gasteiger partial charge is 0.326 e. The monoisotopic (exact) mass is 392 g/mol. The van der Waals surface area contributed by atoms with Crippen molar-refractivity contribution in [3.63, 3.8) is 0 Å². The Hall–Kier alpha value is -2.35. The van der Waals surface area contributed by atoms with Crippen molar-refractivity contribution < 1.29 is 24.3 Å². The second kappa shape index (κ2) is 8.12. The van der Waals surface area contributed by atoms with Crippen molar-refractivity contribution >= 4 is 35.5 Å². The Morgan fingerprint density at radius 3 is 2.37 bits per heavy atom. The van der Waals surface area contributed by atoms with E-state index in [-0.39, 0.29) is 16.7 Å². The molecule has 1 heterocycles. The number of aliphatic carboxylic acids is 1. The Morgan fingerprint density at radius 2 is 1.81 bits per heavy atom. The average molecular weight is 392 g/mol. The first-order valence-corrected chi connectivity index (χ1v) is 9.87. The van der Waals surface area contributed by atoms with Crippen LogP contribution in [0.3, 0.4) is 0 Å². The van der Waals surface area contributed by atoms with Crippen LogP contribution < -0.4 is 5.32 Å². The van der Waals surface area contributed by atoms with Gasteiger partial charge in [0.2, 0.25) is 0 Å². The van der Waals surface area contributed by atoms with E-state index in [2.05, 4.69) is 5.32 Å². The zero-order valence-electron chi connectivity index (χ0n) is 15.9. The number of carbonyl (C=O) groups is 4. The van der Waals surface area contributed by atoms with Gasteiger partial charge < -0.3 is 10.4 Å². The quantitative estimate of drug-likeness (QED) is 0.545. The number of hydrogen-bond donors (Lipinski definition) is 2. The van der Waals surface area contributed by atoms with Crippen molar-refractivity contribution in [1.82, 2.24) is 10.2 Å². The predicted molar refractivity (Wildman–Crippen MR) is 103 cm³/mol. The number of carbonyl (C=O) groups excluding carboxylic acids is 3. The standard InChI is InChI=1S/C19H24N2O5S/c1-5-27-9-8-14(18(25)26)20-15(22)11-6-7-12-13(10-11)17(24)21(16(12)23)19(2,3)4/h6-7,10,14H,5,8-9H2,1-4H3,(H,20,22)(H,25,26). The molecule has 146 valence electrons. The lowest BCUT2D eigenvalue weighted by Crippen LogP contribution is -2.45. The molecule has 0 bridgehead atoms. The van der Waals surface area contributed by atoms with Crippen LogP contribution in [0.5, 0.6) is 0 Å². The average Bonchev–Trinajstić information content (AvgIpc) is 2.84. The number of benzene rings is 1. The van der Waals surface area contributed by atoms with Gasteiger partial charge in [0.1, 0.15) is 6.04 Å². The van der Waals surface area contributed by atoms with Gasteiger partial charge in [0, 0.05) is 11.1 Å². The molecule has 1 aliphatic rings. The first kappa shape index (κ1) is 21.0. The number of carboxylic acid groups (broad SMARTS) is 1. The number of nitrogens with zero attached hydrogens (tertiary/aromatic N) is 1. The van der Waals surface area contributed by atoms with Crippen molar-refractivity contribution in [1.29, 1.82) is 0 Å².